The second-order valence-corrected chi connectivity index (χ2v) is 10.9. The van der Waals surface area contributed by atoms with Gasteiger partial charge in [0.15, 0.2) is 0 Å². The van der Waals surface area contributed by atoms with Crippen molar-refractivity contribution < 1.29 is 14.3 Å². The van der Waals surface area contributed by atoms with Gasteiger partial charge < -0.3 is 24.8 Å². The van der Waals surface area contributed by atoms with Crippen LogP contribution in [0.1, 0.15) is 43.0 Å². The van der Waals surface area contributed by atoms with Gasteiger partial charge in [-0.2, -0.15) is 0 Å². The van der Waals surface area contributed by atoms with E-state index in [-0.39, 0.29) is 11.9 Å². The van der Waals surface area contributed by atoms with E-state index >= 15 is 0 Å². The summed E-state index contributed by atoms with van der Waals surface area (Å²) in [4.78, 5) is 33.0. The SMILES string of the molecule is C[C@H]1CCN(C(=O)c2ccc(-c3ccc4[nH]ccc4c3)c(OCCCN3CCC(=O)CC3)c2)c2ccccc2N1. The van der Waals surface area contributed by atoms with E-state index in [1.54, 1.807) is 0 Å². The van der Waals surface area contributed by atoms with Crippen molar-refractivity contribution in [3.8, 4) is 16.9 Å². The average molecular weight is 537 g/mol. The number of rotatable bonds is 7. The molecule has 0 unspecified atom stereocenters. The first-order valence-electron chi connectivity index (χ1n) is 14.3. The molecule has 7 heteroatoms. The summed E-state index contributed by atoms with van der Waals surface area (Å²) >= 11 is 0. The summed E-state index contributed by atoms with van der Waals surface area (Å²) < 4.78 is 6.40. The summed E-state index contributed by atoms with van der Waals surface area (Å²) in [7, 11) is 0. The highest BCUT2D eigenvalue weighted by molar-refractivity contribution is 6.08. The zero-order valence-corrected chi connectivity index (χ0v) is 23.0. The lowest BCUT2D eigenvalue weighted by Gasteiger charge is -2.25. The average Bonchev–Trinajstić information content (AvgIpc) is 3.38. The van der Waals surface area contributed by atoms with E-state index in [4.69, 9.17) is 4.74 Å². The van der Waals surface area contributed by atoms with Gasteiger partial charge in [0, 0.05) is 67.9 Å². The van der Waals surface area contributed by atoms with Crippen LogP contribution in [0.5, 0.6) is 5.75 Å². The Morgan fingerprint density at radius 3 is 2.73 bits per heavy atom. The molecule has 3 heterocycles. The van der Waals surface area contributed by atoms with Crippen LogP contribution < -0.4 is 15.0 Å². The fourth-order valence-electron chi connectivity index (χ4n) is 5.71. The normalized spacial score (nSPS) is 17.8. The molecule has 0 spiro atoms. The number of amides is 1. The Morgan fingerprint density at radius 2 is 1.85 bits per heavy atom. The van der Waals surface area contributed by atoms with Gasteiger partial charge in [-0.3, -0.25) is 9.59 Å². The summed E-state index contributed by atoms with van der Waals surface area (Å²) in [6.45, 7) is 5.88. The standard InChI is InChI=1S/C33H36N4O3/c1-23-12-19-37(31-6-3-2-5-30(31)35-23)33(39)26-7-9-28(24-8-10-29-25(21-24)11-15-34-29)32(22-26)40-20-4-16-36-17-13-27(38)14-18-36/h2-3,5-11,15,21-23,34-35H,4,12-14,16-20H2,1H3/t23-/m0/s1. The molecule has 0 bridgehead atoms. The van der Waals surface area contributed by atoms with Crippen LogP contribution >= 0.6 is 0 Å². The number of hydrogen-bond acceptors (Lipinski definition) is 5. The maximum Gasteiger partial charge on any atom is 0.258 e. The maximum absolute atomic E-state index is 13.9. The number of piperidine rings is 1. The van der Waals surface area contributed by atoms with Gasteiger partial charge in [0.2, 0.25) is 0 Å². The number of carbonyl (C=O) groups excluding carboxylic acids is 2. The number of ether oxygens (including phenoxy) is 1. The summed E-state index contributed by atoms with van der Waals surface area (Å²) in [6.07, 6.45) is 4.94. The van der Waals surface area contributed by atoms with Gasteiger partial charge >= 0.3 is 0 Å². The second-order valence-electron chi connectivity index (χ2n) is 10.9. The maximum atomic E-state index is 13.9. The van der Waals surface area contributed by atoms with E-state index in [1.807, 2.05) is 53.6 Å². The fourth-order valence-corrected chi connectivity index (χ4v) is 5.71. The van der Waals surface area contributed by atoms with E-state index in [9.17, 15) is 9.59 Å². The monoisotopic (exact) mass is 536 g/mol. The Balaban J connectivity index is 1.27. The summed E-state index contributed by atoms with van der Waals surface area (Å²) in [6, 6.07) is 22.5. The van der Waals surface area contributed by atoms with Crippen LogP contribution in [0.25, 0.3) is 22.0 Å². The number of carbonyl (C=O) groups is 2. The van der Waals surface area contributed by atoms with Gasteiger partial charge in [-0.05, 0) is 79.2 Å². The Hall–Kier alpha value is -4.10. The van der Waals surface area contributed by atoms with Gasteiger partial charge in [-0.25, -0.2) is 0 Å². The molecule has 1 fully saturated rings. The quantitative estimate of drug-likeness (QED) is 0.278. The molecule has 1 aromatic heterocycles. The molecule has 2 N–H and O–H groups in total. The van der Waals surface area contributed by atoms with Crippen molar-refractivity contribution in [2.45, 2.75) is 38.6 Å². The Labute approximate surface area is 235 Å². The highest BCUT2D eigenvalue weighted by atomic mass is 16.5. The van der Waals surface area contributed by atoms with E-state index in [0.29, 0.717) is 43.1 Å². The van der Waals surface area contributed by atoms with Crippen molar-refractivity contribution in [3.05, 3.63) is 78.5 Å². The first-order chi connectivity index (χ1) is 19.5. The van der Waals surface area contributed by atoms with Crippen LogP contribution in [-0.2, 0) is 4.79 Å². The highest BCUT2D eigenvalue weighted by Gasteiger charge is 2.25. The molecule has 0 radical (unpaired) electrons. The van der Waals surface area contributed by atoms with E-state index in [0.717, 1.165) is 65.9 Å². The third-order valence-corrected chi connectivity index (χ3v) is 8.01. The molecule has 6 rings (SSSR count). The first kappa shape index (κ1) is 26.1. The number of benzene rings is 3. The third kappa shape index (κ3) is 5.61. The van der Waals surface area contributed by atoms with Crippen LogP contribution in [0.2, 0.25) is 0 Å². The molecule has 1 amide bonds. The molecule has 206 valence electrons. The highest BCUT2D eigenvalue weighted by Crippen LogP contribution is 2.35. The molecular formula is C33H36N4O3. The van der Waals surface area contributed by atoms with Gasteiger partial charge in [0.1, 0.15) is 11.5 Å². The number of fused-ring (bicyclic) bond motifs is 2. The topological polar surface area (TPSA) is 77.7 Å². The van der Waals surface area contributed by atoms with Crippen LogP contribution in [0.4, 0.5) is 11.4 Å². The Morgan fingerprint density at radius 1 is 1.00 bits per heavy atom. The molecule has 1 atom stereocenters. The zero-order valence-electron chi connectivity index (χ0n) is 23.0. The lowest BCUT2D eigenvalue weighted by atomic mass is 10.0. The number of Topliss-reactive ketones (excluding diaryl/α,β-unsaturated/α-hetero) is 1. The van der Waals surface area contributed by atoms with Gasteiger partial charge in [-0.1, -0.05) is 18.2 Å². The van der Waals surface area contributed by atoms with Crippen LogP contribution in [0, 0.1) is 0 Å². The summed E-state index contributed by atoms with van der Waals surface area (Å²) in [5.41, 5.74) is 5.60. The van der Waals surface area contributed by atoms with Crippen molar-refractivity contribution in [3.63, 3.8) is 0 Å². The molecule has 40 heavy (non-hydrogen) atoms. The summed E-state index contributed by atoms with van der Waals surface area (Å²) in [5.74, 6) is 1.04. The van der Waals surface area contributed by atoms with Gasteiger partial charge in [-0.15, -0.1) is 0 Å². The zero-order chi connectivity index (χ0) is 27.5. The molecule has 0 aliphatic carbocycles. The molecular weight excluding hydrogens is 500 g/mol. The van der Waals surface area contributed by atoms with E-state index in [1.165, 1.54) is 0 Å². The number of nitrogens with zero attached hydrogens (tertiary/aromatic N) is 2. The molecule has 3 aromatic carbocycles. The predicted molar refractivity (Wildman–Crippen MR) is 160 cm³/mol. The first-order valence-corrected chi connectivity index (χ1v) is 14.3. The van der Waals surface area contributed by atoms with Crippen LogP contribution in [0.15, 0.2) is 72.9 Å². The second kappa shape index (κ2) is 11.6. The minimum atomic E-state index is -0.0289. The largest absolute Gasteiger partial charge is 0.493 e. The number of para-hydroxylation sites is 2. The third-order valence-electron chi connectivity index (χ3n) is 8.01. The lowest BCUT2D eigenvalue weighted by molar-refractivity contribution is -0.121. The molecule has 4 aromatic rings. The number of hydrogen-bond donors (Lipinski definition) is 2. The van der Waals surface area contributed by atoms with Crippen molar-refractivity contribution in [2.24, 2.45) is 0 Å². The number of likely N-dealkylation sites (tertiary alicyclic amines) is 1. The molecule has 2 aliphatic heterocycles. The number of nitrogens with one attached hydrogen (secondary N) is 2. The molecule has 7 nitrogen and oxygen atoms in total. The van der Waals surface area contributed by atoms with Crippen molar-refractivity contribution in [2.75, 3.05) is 43.0 Å². The van der Waals surface area contributed by atoms with E-state index in [2.05, 4.69) is 46.4 Å². The van der Waals surface area contributed by atoms with E-state index < -0.39 is 0 Å². The summed E-state index contributed by atoms with van der Waals surface area (Å²) in [5, 5.41) is 4.66. The van der Waals surface area contributed by atoms with Gasteiger partial charge in [0.25, 0.3) is 5.91 Å². The molecule has 0 saturated carbocycles. The Bertz CT molecular complexity index is 1520. The minimum Gasteiger partial charge on any atom is -0.493 e. The smallest absolute Gasteiger partial charge is 0.258 e. The van der Waals surface area contributed by atoms with Crippen molar-refractivity contribution >= 4 is 34.0 Å². The predicted octanol–water partition coefficient (Wildman–Crippen LogP) is 6.12. The van der Waals surface area contributed by atoms with Gasteiger partial charge in [0.05, 0.1) is 18.0 Å². The Kier molecular flexibility index (Phi) is 7.55. The minimum absolute atomic E-state index is 0.0289. The molecule has 1 saturated heterocycles. The molecule has 2 aliphatic rings. The van der Waals surface area contributed by atoms with Crippen LogP contribution in [-0.4, -0.2) is 60.4 Å². The number of H-pyrrole nitrogens is 1. The fraction of sp³-hybridized carbons (Fsp3) is 0.333. The number of aromatic nitrogens is 1. The number of anilines is 2. The van der Waals surface area contributed by atoms with Crippen molar-refractivity contribution in [1.82, 2.24) is 9.88 Å². The number of ketones is 1. The lowest BCUT2D eigenvalue weighted by Crippen LogP contribution is -2.35. The van der Waals surface area contributed by atoms with Crippen molar-refractivity contribution in [1.29, 1.82) is 0 Å². The number of aromatic amines is 1. The van der Waals surface area contributed by atoms with Crippen LogP contribution in [0.3, 0.4) is 0 Å².